The van der Waals surface area contributed by atoms with Gasteiger partial charge in [-0.15, -0.1) is 0 Å². The van der Waals surface area contributed by atoms with E-state index in [1.165, 1.54) is 28.6 Å². The smallest absolute Gasteiger partial charge is 0.339 e. The molecule has 8 aromatic rings. The van der Waals surface area contributed by atoms with Crippen LogP contribution in [0.5, 0.6) is 0 Å². The van der Waals surface area contributed by atoms with Crippen LogP contribution in [-0.4, -0.2) is 142 Å². The molecule has 19 nitrogen and oxygen atoms in total. The molecule has 2 atom stereocenters. The summed E-state index contributed by atoms with van der Waals surface area (Å²) in [6.45, 7) is 10.2. The van der Waals surface area contributed by atoms with Crippen LogP contribution in [0.1, 0.15) is 34.8 Å². The molecule has 12 rings (SSSR count). The number of fused-ring (bicyclic) bond motifs is 3. The van der Waals surface area contributed by atoms with Crippen LogP contribution in [-0.2, 0) is 38.8 Å². The predicted octanol–water partition coefficient (Wildman–Crippen LogP) is 9.21. The number of primary amides is 1. The Labute approximate surface area is 499 Å². The number of hydrogen-bond acceptors (Lipinski definition) is 10. The van der Waals surface area contributed by atoms with Gasteiger partial charge in [0, 0.05) is 115 Å². The Morgan fingerprint density at radius 2 is 1.40 bits per heavy atom. The van der Waals surface area contributed by atoms with Gasteiger partial charge in [0.2, 0.25) is 17.7 Å². The molecule has 4 aliphatic heterocycles. The number of nitrogens with two attached hydrogens (primary N) is 1. The second kappa shape index (κ2) is 24.3. The molecule has 4 fully saturated rings. The third kappa shape index (κ3) is 12.0. The van der Waals surface area contributed by atoms with Gasteiger partial charge in [0.25, 0.3) is 0 Å². The van der Waals surface area contributed by atoms with E-state index < -0.39 is 37.8 Å². The van der Waals surface area contributed by atoms with E-state index in [0.29, 0.717) is 73.6 Å². The number of hydrazine groups is 1. The molecule has 0 bridgehead atoms. The van der Waals surface area contributed by atoms with Gasteiger partial charge in [0.15, 0.2) is 5.78 Å². The van der Waals surface area contributed by atoms with E-state index >= 15 is 0 Å². The molecule has 5 aromatic carbocycles. The van der Waals surface area contributed by atoms with Crippen molar-refractivity contribution in [3.8, 4) is 22.3 Å². The van der Waals surface area contributed by atoms with Crippen LogP contribution in [0.15, 0.2) is 122 Å². The first-order valence-corrected chi connectivity index (χ1v) is 32.1. The number of benzene rings is 5. The molecular weight excluding hydrogens is 1150 g/mol. The predicted molar refractivity (Wildman–Crippen MR) is 324 cm³/mol. The molecule has 4 saturated heterocycles. The van der Waals surface area contributed by atoms with Crippen molar-refractivity contribution in [3.63, 3.8) is 0 Å². The number of ether oxygens (including phenoxy) is 1. The summed E-state index contributed by atoms with van der Waals surface area (Å²) in [6, 6.07) is 27.2. The van der Waals surface area contributed by atoms with E-state index in [1.807, 2.05) is 53.5 Å². The molecule has 0 aliphatic carbocycles. The maximum absolute atomic E-state index is 14.4. The van der Waals surface area contributed by atoms with Gasteiger partial charge in [0.05, 0.1) is 48.7 Å². The zero-order chi connectivity index (χ0) is 59.8. The average Bonchev–Trinajstić information content (AvgIpc) is 2.00. The number of aromatic nitrogens is 4. The quantitative estimate of drug-likeness (QED) is 0.0634. The zero-order valence-corrected chi connectivity index (χ0v) is 49.4. The summed E-state index contributed by atoms with van der Waals surface area (Å²) in [5, 5.41) is 17.1. The van der Waals surface area contributed by atoms with Gasteiger partial charge < -0.3 is 35.5 Å². The largest absolute Gasteiger partial charge is 0.378 e. The summed E-state index contributed by atoms with van der Waals surface area (Å²) in [7, 11) is -1.87. The Kier molecular flexibility index (Phi) is 16.7. The number of carbonyl (C=O) groups excluding carboxylic acids is 6. The standard InChI is InChI=1S/C33H33ClFN7O4.C28H29ClFN5O3Si/c34-26-3-1-2-23(30(26)35)19-37-31(43)27-10-11-39-12-13-40(33(45)42(27)39)29-20-41(32(36)44)28-18-22(6-9-25(28)29)21-4-7-24(8-5-21)38-14-16-46-17-15-38;1-17(36)22-13-34(24-8-7-18(9-21(22)24)20-11-32-33-12-20)14-26(37)35-16-39(2,3)15-25(35)28(38)31-10-19-5-4-6-23(29)27(19)30/h1-9,18,20,27H,10-17,19H2,(H2,36,44)(H,37,43);4-9,11-13,25H,10,14-16H2,1-3H3,(H,31,38)(H,32,33)/t27-;25-/m00/s1. The van der Waals surface area contributed by atoms with Crippen molar-refractivity contribution in [2.75, 3.05) is 61.9 Å². The van der Waals surface area contributed by atoms with Gasteiger partial charge >= 0.3 is 12.1 Å². The number of ketones is 1. The van der Waals surface area contributed by atoms with Crippen molar-refractivity contribution in [2.24, 2.45) is 5.73 Å². The van der Waals surface area contributed by atoms with Crippen molar-refractivity contribution in [1.29, 1.82) is 0 Å². The molecule has 24 heteroatoms. The second-order valence-corrected chi connectivity index (χ2v) is 28.2. The van der Waals surface area contributed by atoms with Crippen LogP contribution in [0, 0.1) is 11.6 Å². The van der Waals surface area contributed by atoms with E-state index in [0.717, 1.165) is 51.9 Å². The highest BCUT2D eigenvalue weighted by molar-refractivity contribution is 6.79. The fourth-order valence-corrected chi connectivity index (χ4v) is 15.1. The molecule has 4 aliphatic rings. The van der Waals surface area contributed by atoms with Gasteiger partial charge in [-0.25, -0.2) is 28.4 Å². The van der Waals surface area contributed by atoms with Gasteiger partial charge in [0.1, 0.15) is 30.3 Å². The van der Waals surface area contributed by atoms with E-state index in [-0.39, 0.29) is 70.3 Å². The molecule has 0 radical (unpaired) electrons. The van der Waals surface area contributed by atoms with Gasteiger partial charge in [-0.2, -0.15) is 5.10 Å². The number of hydrogen-bond donors (Lipinski definition) is 4. The summed E-state index contributed by atoms with van der Waals surface area (Å²) in [4.78, 5) is 84.7. The van der Waals surface area contributed by atoms with E-state index in [4.69, 9.17) is 33.7 Å². The number of urea groups is 1. The molecule has 440 valence electrons. The minimum atomic E-state index is -1.87. The van der Waals surface area contributed by atoms with Crippen molar-refractivity contribution in [1.82, 2.24) is 44.9 Å². The lowest BCUT2D eigenvalue weighted by atomic mass is 10.0. The topological polar surface area (TPSA) is 216 Å². The summed E-state index contributed by atoms with van der Waals surface area (Å²) in [5.74, 6) is -2.15. The molecule has 5 N–H and O–H groups in total. The first-order chi connectivity index (χ1) is 40.8. The fourth-order valence-electron chi connectivity index (χ4n) is 11.8. The number of rotatable bonds is 13. The Bertz CT molecular complexity index is 3910. The number of Topliss-reactive ketones (excluding diaryl/α,β-unsaturated/α-hetero) is 1. The summed E-state index contributed by atoms with van der Waals surface area (Å²) in [6.07, 6.45) is 7.75. The first kappa shape index (κ1) is 58.4. The van der Waals surface area contributed by atoms with Crippen LogP contribution in [0.25, 0.3) is 44.1 Å². The SMILES string of the molecule is CC(=O)c1cn(CC(=O)N2C[Si](C)(C)C[C@H]2C(=O)NCc2cccc(Cl)c2F)c2ccc(-c3cn[nH]c3)cc12.NC(=O)n1cc(N2CCN3CC[C@@H](C(=O)NCc4cccc(Cl)c4F)N3C2=O)c2ccc(-c3ccc(N4CCOCC4)cc3)cc21. The minimum absolute atomic E-state index is 0.00581. The highest BCUT2D eigenvalue weighted by atomic mass is 35.5. The van der Waals surface area contributed by atoms with E-state index in [9.17, 15) is 37.5 Å². The normalized spacial score (nSPS) is 17.7. The number of aromatic amines is 1. The van der Waals surface area contributed by atoms with Gasteiger partial charge in [-0.05, 0) is 78.5 Å². The first-order valence-electron chi connectivity index (χ1n) is 27.9. The van der Waals surface area contributed by atoms with Crippen LogP contribution in [0.3, 0.4) is 0 Å². The number of nitrogens with zero attached hydrogens (tertiary/aromatic N) is 8. The highest BCUT2D eigenvalue weighted by Crippen LogP contribution is 2.37. The van der Waals surface area contributed by atoms with E-state index in [2.05, 4.69) is 51.0 Å². The summed E-state index contributed by atoms with van der Waals surface area (Å²) >= 11 is 11.8. The number of amides is 6. The maximum atomic E-state index is 14.4. The summed E-state index contributed by atoms with van der Waals surface area (Å²) in [5.41, 5.74) is 13.5. The number of nitrogens with one attached hydrogen (secondary N) is 3. The van der Waals surface area contributed by atoms with Crippen LogP contribution < -0.4 is 26.2 Å². The van der Waals surface area contributed by atoms with E-state index in [1.54, 1.807) is 63.4 Å². The molecular formula is C61H62Cl2F2N12O7Si. The van der Waals surface area contributed by atoms with Crippen LogP contribution in [0.4, 0.5) is 29.7 Å². The van der Waals surface area contributed by atoms with Crippen LogP contribution >= 0.6 is 23.2 Å². The van der Waals surface area contributed by atoms with Crippen LogP contribution in [0.2, 0.25) is 29.2 Å². The van der Waals surface area contributed by atoms with Crippen molar-refractivity contribution in [3.05, 3.63) is 160 Å². The van der Waals surface area contributed by atoms with Crippen molar-refractivity contribution in [2.45, 2.75) is 64.2 Å². The Hall–Kier alpha value is -8.41. The minimum Gasteiger partial charge on any atom is -0.378 e. The zero-order valence-electron chi connectivity index (χ0n) is 46.9. The van der Waals surface area contributed by atoms with Crippen molar-refractivity contribution >= 4 is 100 Å². The lowest BCUT2D eigenvalue weighted by Crippen LogP contribution is -2.61. The number of carbonyl (C=O) groups is 6. The third-order valence-electron chi connectivity index (χ3n) is 16.2. The molecule has 0 spiro atoms. The fraction of sp³-hybridized carbons (Fsp3) is 0.295. The molecule has 0 saturated carbocycles. The lowest BCUT2D eigenvalue weighted by molar-refractivity contribution is -0.138. The lowest BCUT2D eigenvalue weighted by Gasteiger charge is -2.41. The molecule has 85 heavy (non-hydrogen) atoms. The number of morpholine rings is 1. The number of halogens is 4. The molecule has 0 unspecified atom stereocenters. The van der Waals surface area contributed by atoms with Gasteiger partial charge in [-0.3, -0.25) is 33.7 Å². The van der Waals surface area contributed by atoms with Gasteiger partial charge in [-0.1, -0.05) is 90.9 Å². The Morgan fingerprint density at radius 1 is 0.753 bits per heavy atom. The third-order valence-corrected chi connectivity index (χ3v) is 19.4. The Balaban J connectivity index is 0.000000180. The average molecular weight is 1210 g/mol. The maximum Gasteiger partial charge on any atom is 0.339 e. The number of H-pyrrole nitrogens is 1. The second-order valence-electron chi connectivity index (χ2n) is 22.4. The monoisotopic (exact) mass is 1210 g/mol. The molecule has 6 amide bonds. The highest BCUT2D eigenvalue weighted by Gasteiger charge is 2.46. The summed E-state index contributed by atoms with van der Waals surface area (Å²) < 4.78 is 37.3. The van der Waals surface area contributed by atoms with Crippen molar-refractivity contribution < 1.29 is 42.3 Å². The Morgan fingerprint density at radius 3 is 2.05 bits per heavy atom. The number of anilines is 2. The molecule has 7 heterocycles. The molecule has 3 aromatic heterocycles.